The maximum atomic E-state index is 5.49. The van der Waals surface area contributed by atoms with E-state index in [1.165, 1.54) is 17.5 Å². The van der Waals surface area contributed by atoms with Crippen LogP contribution >= 0.6 is 0 Å². The lowest BCUT2D eigenvalue weighted by molar-refractivity contribution is 0.231. The molecule has 106 valence electrons. The van der Waals surface area contributed by atoms with Crippen LogP contribution in [0.4, 0.5) is 0 Å². The van der Waals surface area contributed by atoms with Gasteiger partial charge in [-0.3, -0.25) is 4.90 Å². The van der Waals surface area contributed by atoms with E-state index in [9.17, 15) is 0 Å². The molecule has 4 heteroatoms. The number of aromatic nitrogens is 2. The van der Waals surface area contributed by atoms with Gasteiger partial charge >= 0.3 is 0 Å². The first-order valence-corrected chi connectivity index (χ1v) is 7.22. The van der Waals surface area contributed by atoms with Gasteiger partial charge in [0.05, 0.1) is 6.54 Å². The normalized spacial score (nSPS) is 23.4. The SMILES string of the molecule is Cc1nnc(CN2CC(c3ccccc3C)CC2C)o1. The third kappa shape index (κ3) is 2.61. The molecule has 0 saturated carbocycles. The Morgan fingerprint density at radius 3 is 2.75 bits per heavy atom. The van der Waals surface area contributed by atoms with E-state index in [4.69, 9.17) is 4.42 Å². The lowest BCUT2D eigenvalue weighted by Crippen LogP contribution is -2.26. The van der Waals surface area contributed by atoms with Crippen molar-refractivity contribution in [2.45, 2.75) is 45.7 Å². The molecule has 1 saturated heterocycles. The van der Waals surface area contributed by atoms with E-state index in [1.54, 1.807) is 0 Å². The Bertz CT molecular complexity index is 593. The lowest BCUT2D eigenvalue weighted by atomic mass is 9.93. The molecule has 2 heterocycles. The van der Waals surface area contributed by atoms with Crippen LogP contribution in [0.3, 0.4) is 0 Å². The quantitative estimate of drug-likeness (QED) is 0.860. The minimum absolute atomic E-state index is 0.548. The largest absolute Gasteiger partial charge is 0.424 e. The molecule has 2 aromatic rings. The van der Waals surface area contributed by atoms with Crippen molar-refractivity contribution in [2.75, 3.05) is 6.54 Å². The van der Waals surface area contributed by atoms with Gasteiger partial charge in [-0.05, 0) is 37.3 Å². The van der Waals surface area contributed by atoms with Crippen molar-refractivity contribution in [1.29, 1.82) is 0 Å². The number of hydrogen-bond acceptors (Lipinski definition) is 4. The van der Waals surface area contributed by atoms with E-state index in [-0.39, 0.29) is 0 Å². The monoisotopic (exact) mass is 271 g/mol. The van der Waals surface area contributed by atoms with E-state index in [0.717, 1.165) is 19.0 Å². The third-order valence-electron chi connectivity index (χ3n) is 4.24. The number of rotatable bonds is 3. The van der Waals surface area contributed by atoms with Gasteiger partial charge in [-0.2, -0.15) is 0 Å². The molecule has 1 aliphatic rings. The molecule has 0 amide bonds. The Morgan fingerprint density at radius 1 is 1.25 bits per heavy atom. The van der Waals surface area contributed by atoms with Crippen molar-refractivity contribution in [3.05, 3.63) is 47.2 Å². The highest BCUT2D eigenvalue weighted by Gasteiger charge is 2.31. The molecule has 2 atom stereocenters. The molecule has 0 spiro atoms. The fraction of sp³-hybridized carbons (Fsp3) is 0.500. The number of likely N-dealkylation sites (tertiary alicyclic amines) is 1. The van der Waals surface area contributed by atoms with Gasteiger partial charge in [0, 0.05) is 19.5 Å². The predicted octanol–water partition coefficient (Wildman–Crippen LogP) is 3.06. The van der Waals surface area contributed by atoms with Gasteiger partial charge in [-0.25, -0.2) is 0 Å². The summed E-state index contributed by atoms with van der Waals surface area (Å²) in [5.41, 5.74) is 2.86. The van der Waals surface area contributed by atoms with Crippen LogP contribution in [0.2, 0.25) is 0 Å². The van der Waals surface area contributed by atoms with Crippen molar-refractivity contribution in [3.8, 4) is 0 Å². The minimum Gasteiger partial charge on any atom is -0.424 e. The molecule has 1 fully saturated rings. The van der Waals surface area contributed by atoms with Crippen LogP contribution in [0.5, 0.6) is 0 Å². The van der Waals surface area contributed by atoms with E-state index in [2.05, 4.69) is 53.2 Å². The van der Waals surface area contributed by atoms with E-state index in [1.807, 2.05) is 6.92 Å². The molecule has 20 heavy (non-hydrogen) atoms. The zero-order valence-electron chi connectivity index (χ0n) is 12.3. The van der Waals surface area contributed by atoms with Crippen molar-refractivity contribution in [2.24, 2.45) is 0 Å². The van der Waals surface area contributed by atoms with Crippen LogP contribution in [0.15, 0.2) is 28.7 Å². The Kier molecular flexibility index (Phi) is 3.57. The maximum absolute atomic E-state index is 5.49. The van der Waals surface area contributed by atoms with Gasteiger partial charge in [0.1, 0.15) is 0 Å². The topological polar surface area (TPSA) is 42.2 Å². The molecule has 0 bridgehead atoms. The number of hydrogen-bond donors (Lipinski definition) is 0. The average Bonchev–Trinajstić information content (AvgIpc) is 2.98. The molecular weight excluding hydrogens is 250 g/mol. The highest BCUT2D eigenvalue weighted by Crippen LogP contribution is 2.33. The first-order chi connectivity index (χ1) is 9.63. The standard InChI is InChI=1S/C16H21N3O/c1-11-6-4-5-7-15(11)14-8-12(2)19(9-14)10-16-18-17-13(3)20-16/h4-7,12,14H,8-10H2,1-3H3. The van der Waals surface area contributed by atoms with Crippen LogP contribution in [-0.4, -0.2) is 27.7 Å². The fourth-order valence-electron chi connectivity index (χ4n) is 3.16. The van der Waals surface area contributed by atoms with Gasteiger partial charge in [-0.15, -0.1) is 10.2 Å². The van der Waals surface area contributed by atoms with Gasteiger partial charge in [-0.1, -0.05) is 24.3 Å². The molecule has 2 unspecified atom stereocenters. The Balaban J connectivity index is 1.72. The van der Waals surface area contributed by atoms with Crippen LogP contribution < -0.4 is 0 Å². The summed E-state index contributed by atoms with van der Waals surface area (Å²) in [6.45, 7) is 8.13. The summed E-state index contributed by atoms with van der Waals surface area (Å²) >= 11 is 0. The van der Waals surface area contributed by atoms with Crippen molar-refractivity contribution in [3.63, 3.8) is 0 Å². The molecule has 1 aromatic carbocycles. The second-order valence-corrected chi connectivity index (χ2v) is 5.78. The summed E-state index contributed by atoms with van der Waals surface area (Å²) in [7, 11) is 0. The summed E-state index contributed by atoms with van der Waals surface area (Å²) in [5.74, 6) is 1.97. The van der Waals surface area contributed by atoms with Crippen LogP contribution in [-0.2, 0) is 6.54 Å². The zero-order valence-corrected chi connectivity index (χ0v) is 12.3. The molecule has 1 aromatic heterocycles. The minimum atomic E-state index is 0.548. The fourth-order valence-corrected chi connectivity index (χ4v) is 3.16. The Hall–Kier alpha value is -1.68. The maximum Gasteiger partial charge on any atom is 0.230 e. The second kappa shape index (κ2) is 5.37. The molecule has 0 radical (unpaired) electrons. The Labute approximate surface area is 119 Å². The lowest BCUT2D eigenvalue weighted by Gasteiger charge is -2.18. The summed E-state index contributed by atoms with van der Waals surface area (Å²) in [5, 5.41) is 8.00. The number of nitrogens with zero attached hydrogens (tertiary/aromatic N) is 3. The van der Waals surface area contributed by atoms with Gasteiger partial charge < -0.3 is 4.42 Å². The summed E-state index contributed by atoms with van der Waals surface area (Å²) in [6, 6.07) is 9.25. The highest BCUT2D eigenvalue weighted by molar-refractivity contribution is 5.30. The van der Waals surface area contributed by atoms with Crippen LogP contribution in [0, 0.1) is 13.8 Å². The first kappa shape index (κ1) is 13.3. The summed E-state index contributed by atoms with van der Waals surface area (Å²) < 4.78 is 5.49. The van der Waals surface area contributed by atoms with Crippen LogP contribution in [0.25, 0.3) is 0 Å². The molecule has 1 aliphatic heterocycles. The van der Waals surface area contributed by atoms with Gasteiger partial charge in [0.25, 0.3) is 0 Å². The first-order valence-electron chi connectivity index (χ1n) is 7.22. The summed E-state index contributed by atoms with van der Waals surface area (Å²) in [4.78, 5) is 2.43. The second-order valence-electron chi connectivity index (χ2n) is 5.78. The molecule has 0 N–H and O–H groups in total. The van der Waals surface area contributed by atoms with Crippen molar-refractivity contribution >= 4 is 0 Å². The Morgan fingerprint density at radius 2 is 2.05 bits per heavy atom. The van der Waals surface area contributed by atoms with Crippen LogP contribution in [0.1, 0.15) is 42.2 Å². The van der Waals surface area contributed by atoms with E-state index < -0.39 is 0 Å². The van der Waals surface area contributed by atoms with Crippen molar-refractivity contribution < 1.29 is 4.42 Å². The average molecular weight is 271 g/mol. The molecule has 4 nitrogen and oxygen atoms in total. The molecule has 0 aliphatic carbocycles. The van der Waals surface area contributed by atoms with E-state index in [0.29, 0.717) is 17.9 Å². The number of aryl methyl sites for hydroxylation is 2. The highest BCUT2D eigenvalue weighted by atomic mass is 16.4. The predicted molar refractivity (Wildman–Crippen MR) is 77.4 cm³/mol. The van der Waals surface area contributed by atoms with Crippen molar-refractivity contribution in [1.82, 2.24) is 15.1 Å². The summed E-state index contributed by atoms with van der Waals surface area (Å²) in [6.07, 6.45) is 1.19. The third-order valence-corrected chi connectivity index (χ3v) is 4.24. The van der Waals surface area contributed by atoms with Gasteiger partial charge in [0.2, 0.25) is 11.8 Å². The smallest absolute Gasteiger partial charge is 0.230 e. The molecular formula is C16H21N3O. The van der Waals surface area contributed by atoms with E-state index >= 15 is 0 Å². The number of benzene rings is 1. The zero-order chi connectivity index (χ0) is 14.1. The van der Waals surface area contributed by atoms with Gasteiger partial charge in [0.15, 0.2) is 0 Å². The molecule has 3 rings (SSSR count).